The number of hydrogen-bond donors (Lipinski definition) is 8. The molecule has 1 aromatic heterocycles. The summed E-state index contributed by atoms with van der Waals surface area (Å²) in [5, 5.41) is 34.0. The van der Waals surface area contributed by atoms with E-state index in [1.807, 2.05) is 0 Å². The monoisotopic (exact) mass is 470 g/mol. The van der Waals surface area contributed by atoms with Crippen LogP contribution in [-0.2, 0) is 30.4 Å². The molecule has 0 aromatic carbocycles. The largest absolute Gasteiger partial charge is 0.481 e. The molecule has 1 rings (SSSR count). The zero-order chi connectivity index (χ0) is 25.1. The summed E-state index contributed by atoms with van der Waals surface area (Å²) in [6.07, 6.45) is 2.26. The predicted molar refractivity (Wildman–Crippen MR) is 112 cm³/mol. The second-order valence-electron chi connectivity index (χ2n) is 7.69. The zero-order valence-corrected chi connectivity index (χ0v) is 18.3. The van der Waals surface area contributed by atoms with Gasteiger partial charge in [0, 0.05) is 24.7 Å². The topological polar surface area (TPSA) is 237 Å². The summed E-state index contributed by atoms with van der Waals surface area (Å²) >= 11 is 0. The van der Waals surface area contributed by atoms with Crippen LogP contribution in [0.25, 0.3) is 0 Å². The van der Waals surface area contributed by atoms with E-state index in [1.54, 1.807) is 13.8 Å². The molecule has 0 saturated heterocycles. The van der Waals surface area contributed by atoms with Gasteiger partial charge in [0.15, 0.2) is 0 Å². The number of hydrogen-bond acceptors (Lipinski definition) is 8. The third-order valence-corrected chi connectivity index (χ3v) is 4.66. The van der Waals surface area contributed by atoms with Crippen LogP contribution in [0.1, 0.15) is 32.4 Å². The van der Waals surface area contributed by atoms with Crippen molar-refractivity contribution in [2.24, 2.45) is 11.7 Å². The molecule has 0 radical (unpaired) electrons. The maximum atomic E-state index is 12.8. The van der Waals surface area contributed by atoms with Gasteiger partial charge < -0.3 is 42.0 Å². The van der Waals surface area contributed by atoms with Crippen molar-refractivity contribution in [1.82, 2.24) is 25.9 Å². The van der Waals surface area contributed by atoms with Crippen molar-refractivity contribution in [2.75, 3.05) is 6.61 Å². The number of amides is 3. The first-order valence-corrected chi connectivity index (χ1v) is 10.2. The molecule has 184 valence electrons. The molecule has 4 unspecified atom stereocenters. The van der Waals surface area contributed by atoms with Gasteiger partial charge in [-0.1, -0.05) is 13.8 Å². The van der Waals surface area contributed by atoms with Crippen LogP contribution < -0.4 is 21.7 Å². The lowest BCUT2D eigenvalue weighted by atomic mass is 10.0. The highest BCUT2D eigenvalue weighted by atomic mass is 16.4. The van der Waals surface area contributed by atoms with E-state index in [0.29, 0.717) is 5.69 Å². The lowest BCUT2D eigenvalue weighted by Gasteiger charge is -2.26. The van der Waals surface area contributed by atoms with Gasteiger partial charge in [0.2, 0.25) is 17.7 Å². The minimum atomic E-state index is -1.57. The molecule has 1 aromatic rings. The molecule has 0 fully saturated rings. The van der Waals surface area contributed by atoms with Crippen LogP contribution in [0, 0.1) is 5.92 Å². The normalized spacial score (nSPS) is 14.6. The molecular formula is C19H30N6O8. The number of nitrogens with two attached hydrogens (primary N) is 1. The summed E-state index contributed by atoms with van der Waals surface area (Å²) in [6, 6.07) is -5.16. The maximum Gasteiger partial charge on any atom is 0.328 e. The molecule has 4 atom stereocenters. The first-order chi connectivity index (χ1) is 15.5. The van der Waals surface area contributed by atoms with E-state index in [1.165, 1.54) is 12.5 Å². The SMILES string of the molecule is CC(C)C(NC(=O)C(CCC(=O)O)NC(=O)C(N)Cc1cnc[nH]1)C(=O)NC(CO)C(=O)O. The van der Waals surface area contributed by atoms with Crippen molar-refractivity contribution in [3.8, 4) is 0 Å². The van der Waals surface area contributed by atoms with Crippen molar-refractivity contribution in [1.29, 1.82) is 0 Å². The summed E-state index contributed by atoms with van der Waals surface area (Å²) in [6.45, 7) is 2.32. The molecule has 0 aliphatic rings. The highest BCUT2D eigenvalue weighted by Crippen LogP contribution is 2.06. The van der Waals surface area contributed by atoms with Crippen LogP contribution in [0.15, 0.2) is 12.5 Å². The van der Waals surface area contributed by atoms with E-state index in [0.717, 1.165) is 0 Å². The third-order valence-electron chi connectivity index (χ3n) is 4.66. The van der Waals surface area contributed by atoms with Crippen LogP contribution in [0.5, 0.6) is 0 Å². The molecule has 0 aliphatic heterocycles. The van der Waals surface area contributed by atoms with Gasteiger partial charge in [-0.3, -0.25) is 19.2 Å². The van der Waals surface area contributed by atoms with Gasteiger partial charge in [-0.05, 0) is 12.3 Å². The summed E-state index contributed by atoms with van der Waals surface area (Å²) in [7, 11) is 0. The van der Waals surface area contributed by atoms with E-state index < -0.39 is 72.8 Å². The fourth-order valence-electron chi connectivity index (χ4n) is 2.78. The molecule has 0 bridgehead atoms. The quantitative estimate of drug-likeness (QED) is 0.140. The minimum Gasteiger partial charge on any atom is -0.481 e. The standard InChI is InChI=1S/C19H30N6O8/c1-9(2)15(18(31)24-13(7-26)19(32)33)25-17(30)12(3-4-14(27)28)23-16(29)11(20)5-10-6-21-8-22-10/h6,8-9,11-13,15,26H,3-5,7,20H2,1-2H3,(H,21,22)(H,23,29)(H,24,31)(H,25,30)(H,27,28)(H,32,33). The van der Waals surface area contributed by atoms with Gasteiger partial charge in [-0.15, -0.1) is 0 Å². The molecular weight excluding hydrogens is 440 g/mol. The molecule has 1 heterocycles. The molecule has 14 heteroatoms. The average molecular weight is 470 g/mol. The number of carbonyl (C=O) groups excluding carboxylic acids is 3. The Morgan fingerprint density at radius 3 is 2.15 bits per heavy atom. The van der Waals surface area contributed by atoms with Crippen LogP contribution in [0.3, 0.4) is 0 Å². The van der Waals surface area contributed by atoms with E-state index in [9.17, 15) is 24.0 Å². The minimum absolute atomic E-state index is 0.0911. The van der Waals surface area contributed by atoms with Crippen molar-refractivity contribution in [3.05, 3.63) is 18.2 Å². The number of carboxylic acids is 2. The van der Waals surface area contributed by atoms with E-state index in [4.69, 9.17) is 21.1 Å². The van der Waals surface area contributed by atoms with Crippen molar-refractivity contribution in [2.45, 2.75) is 57.3 Å². The number of H-pyrrole nitrogens is 1. The van der Waals surface area contributed by atoms with Gasteiger partial charge in [-0.25, -0.2) is 9.78 Å². The second kappa shape index (κ2) is 13.1. The number of aromatic amines is 1. The van der Waals surface area contributed by atoms with E-state index >= 15 is 0 Å². The number of aliphatic hydroxyl groups is 1. The summed E-state index contributed by atoms with van der Waals surface area (Å²) in [5.41, 5.74) is 6.44. The highest BCUT2D eigenvalue weighted by Gasteiger charge is 2.32. The van der Waals surface area contributed by atoms with Gasteiger partial charge in [0.25, 0.3) is 0 Å². The Labute approximate surface area is 189 Å². The molecule has 0 spiro atoms. The molecule has 33 heavy (non-hydrogen) atoms. The van der Waals surface area contributed by atoms with Crippen LogP contribution >= 0.6 is 0 Å². The van der Waals surface area contributed by atoms with Gasteiger partial charge in [0.1, 0.15) is 18.1 Å². The first-order valence-electron chi connectivity index (χ1n) is 10.2. The summed E-state index contributed by atoms with van der Waals surface area (Å²) < 4.78 is 0. The van der Waals surface area contributed by atoms with Crippen molar-refractivity contribution < 1.29 is 39.3 Å². The Bertz CT molecular complexity index is 828. The first kappa shape index (κ1) is 27.5. The fraction of sp³-hybridized carbons (Fsp3) is 0.579. The number of carboxylic acid groups (broad SMARTS) is 2. The third kappa shape index (κ3) is 9.24. The number of nitrogens with one attached hydrogen (secondary N) is 4. The number of aliphatic hydroxyl groups excluding tert-OH is 1. The number of nitrogens with zero attached hydrogens (tertiary/aromatic N) is 1. The molecule has 9 N–H and O–H groups in total. The number of aliphatic carboxylic acids is 2. The zero-order valence-electron chi connectivity index (χ0n) is 18.3. The molecule has 3 amide bonds. The van der Waals surface area contributed by atoms with E-state index in [-0.39, 0.29) is 12.8 Å². The van der Waals surface area contributed by atoms with E-state index in [2.05, 4.69) is 25.9 Å². The number of imidazole rings is 1. The smallest absolute Gasteiger partial charge is 0.328 e. The highest BCUT2D eigenvalue weighted by molar-refractivity contribution is 5.94. The second-order valence-corrected chi connectivity index (χ2v) is 7.69. The van der Waals surface area contributed by atoms with Crippen molar-refractivity contribution in [3.63, 3.8) is 0 Å². The van der Waals surface area contributed by atoms with Gasteiger partial charge in [-0.2, -0.15) is 0 Å². The van der Waals surface area contributed by atoms with Crippen LogP contribution in [-0.4, -0.2) is 85.7 Å². The lowest BCUT2D eigenvalue weighted by Crippen LogP contribution is -2.59. The van der Waals surface area contributed by atoms with Crippen LogP contribution in [0.2, 0.25) is 0 Å². The van der Waals surface area contributed by atoms with Crippen molar-refractivity contribution >= 4 is 29.7 Å². The number of carbonyl (C=O) groups is 5. The molecule has 14 nitrogen and oxygen atoms in total. The molecule has 0 aliphatic carbocycles. The number of aromatic nitrogens is 2. The summed E-state index contributed by atoms with van der Waals surface area (Å²) in [5.74, 6) is -5.58. The average Bonchev–Trinajstić information content (AvgIpc) is 3.24. The maximum absolute atomic E-state index is 12.8. The lowest BCUT2D eigenvalue weighted by molar-refractivity contribution is -0.143. The Hall–Kier alpha value is -3.52. The fourth-order valence-corrected chi connectivity index (χ4v) is 2.78. The number of rotatable bonds is 14. The Kier molecular flexibility index (Phi) is 10.9. The van der Waals surface area contributed by atoms with Crippen LogP contribution in [0.4, 0.5) is 0 Å². The van der Waals surface area contributed by atoms with Gasteiger partial charge >= 0.3 is 11.9 Å². The Morgan fingerprint density at radius 2 is 1.67 bits per heavy atom. The molecule has 0 saturated carbocycles. The van der Waals surface area contributed by atoms with Gasteiger partial charge in [0.05, 0.1) is 19.0 Å². The Balaban J connectivity index is 2.91. The Morgan fingerprint density at radius 1 is 1.03 bits per heavy atom. The summed E-state index contributed by atoms with van der Waals surface area (Å²) in [4.78, 5) is 66.4. The predicted octanol–water partition coefficient (Wildman–Crippen LogP) is -2.67.